The van der Waals surface area contributed by atoms with E-state index in [4.69, 9.17) is 31.5 Å². The smallest absolute Gasteiger partial charge is 0.233 e. The monoisotopic (exact) mass is 481 g/mol. The van der Waals surface area contributed by atoms with Gasteiger partial charge in [0.2, 0.25) is 5.91 Å². The number of halogens is 1. The molecule has 0 saturated heterocycles. The minimum Gasteiger partial charge on any atom is -0.496 e. The third kappa shape index (κ3) is 5.44. The number of rotatable bonds is 9. The average molecular weight is 482 g/mol. The summed E-state index contributed by atoms with van der Waals surface area (Å²) in [7, 11) is 1.65. The lowest BCUT2D eigenvalue weighted by molar-refractivity contribution is -0.119. The third-order valence-electron chi connectivity index (χ3n) is 5.57. The molecule has 8 heteroatoms. The molecule has 1 amide bonds. The summed E-state index contributed by atoms with van der Waals surface area (Å²) in [4.78, 5) is 11.2. The molecule has 0 spiro atoms. The second-order valence-corrected chi connectivity index (χ2v) is 8.16. The quantitative estimate of drug-likeness (QED) is 0.404. The van der Waals surface area contributed by atoms with Crippen molar-refractivity contribution in [3.05, 3.63) is 65.2 Å². The summed E-state index contributed by atoms with van der Waals surface area (Å²) in [6, 6.07) is 17.9. The SMILES string of the molecule is COc1cc(-c2cccc(-c3ccc4c(c3)OCCO4)c2Cl)ccc1CNCCNC(=O)CN. The van der Waals surface area contributed by atoms with Crippen LogP contribution in [-0.4, -0.2) is 45.9 Å². The van der Waals surface area contributed by atoms with Gasteiger partial charge in [-0.15, -0.1) is 0 Å². The Morgan fingerprint density at radius 3 is 2.44 bits per heavy atom. The van der Waals surface area contributed by atoms with Crippen LogP contribution < -0.4 is 30.6 Å². The molecule has 1 aliphatic rings. The van der Waals surface area contributed by atoms with Crippen molar-refractivity contribution < 1.29 is 19.0 Å². The first kappa shape index (κ1) is 23.9. The number of amides is 1. The topological polar surface area (TPSA) is 94.8 Å². The fourth-order valence-electron chi connectivity index (χ4n) is 3.83. The molecule has 3 aromatic carbocycles. The van der Waals surface area contributed by atoms with Crippen LogP contribution >= 0.6 is 11.6 Å². The summed E-state index contributed by atoms with van der Waals surface area (Å²) in [5, 5.41) is 6.69. The first-order chi connectivity index (χ1) is 16.6. The van der Waals surface area contributed by atoms with Gasteiger partial charge in [0.05, 0.1) is 18.7 Å². The van der Waals surface area contributed by atoms with Gasteiger partial charge >= 0.3 is 0 Å². The number of carbonyl (C=O) groups is 1. The minimum absolute atomic E-state index is 0.00624. The number of benzene rings is 3. The Kier molecular flexibility index (Phi) is 7.90. The summed E-state index contributed by atoms with van der Waals surface area (Å²) in [6.45, 7) is 2.83. The van der Waals surface area contributed by atoms with Crippen molar-refractivity contribution >= 4 is 17.5 Å². The Morgan fingerprint density at radius 1 is 1.00 bits per heavy atom. The maximum Gasteiger partial charge on any atom is 0.233 e. The lowest BCUT2D eigenvalue weighted by atomic mass is 9.97. The van der Waals surface area contributed by atoms with E-state index in [2.05, 4.69) is 10.6 Å². The van der Waals surface area contributed by atoms with Crippen molar-refractivity contribution in [3.63, 3.8) is 0 Å². The highest BCUT2D eigenvalue weighted by molar-refractivity contribution is 6.36. The van der Waals surface area contributed by atoms with Gasteiger partial charge in [0.25, 0.3) is 0 Å². The summed E-state index contributed by atoms with van der Waals surface area (Å²) in [5.74, 6) is 2.07. The van der Waals surface area contributed by atoms with Crippen LogP contribution in [-0.2, 0) is 11.3 Å². The Labute approximate surface area is 204 Å². The predicted octanol–water partition coefficient (Wildman–Crippen LogP) is 3.62. The van der Waals surface area contributed by atoms with Crippen LogP contribution in [0.2, 0.25) is 5.02 Å². The van der Waals surface area contributed by atoms with Crippen molar-refractivity contribution in [1.82, 2.24) is 10.6 Å². The number of hydrogen-bond donors (Lipinski definition) is 3. The zero-order chi connectivity index (χ0) is 23.9. The van der Waals surface area contributed by atoms with E-state index in [9.17, 15) is 4.79 Å². The second kappa shape index (κ2) is 11.2. The van der Waals surface area contributed by atoms with Crippen LogP contribution in [0.15, 0.2) is 54.6 Å². The normalized spacial score (nSPS) is 12.3. The van der Waals surface area contributed by atoms with Crippen LogP contribution in [0.4, 0.5) is 0 Å². The molecule has 0 saturated carbocycles. The number of methoxy groups -OCH3 is 1. The number of carbonyl (C=O) groups excluding carboxylic acids is 1. The summed E-state index contributed by atoms with van der Waals surface area (Å²) < 4.78 is 17.0. The van der Waals surface area contributed by atoms with Gasteiger partial charge in [-0.3, -0.25) is 4.79 Å². The van der Waals surface area contributed by atoms with Crippen molar-refractivity contribution in [2.75, 3.05) is 40.0 Å². The van der Waals surface area contributed by atoms with Gasteiger partial charge in [0.1, 0.15) is 19.0 Å². The standard InChI is InChI=1S/C26H28ClN3O4/c1-32-23-13-17(5-6-19(23)16-29-9-10-30-25(31)15-28)20-3-2-4-21(26(20)27)18-7-8-22-24(14-18)34-12-11-33-22/h2-8,13-14,29H,9-12,15-16,28H2,1H3,(H,30,31). The van der Waals surface area contributed by atoms with E-state index in [1.165, 1.54) is 0 Å². The van der Waals surface area contributed by atoms with E-state index in [1.807, 2.05) is 54.6 Å². The van der Waals surface area contributed by atoms with Crippen LogP contribution in [0.5, 0.6) is 17.2 Å². The Balaban J connectivity index is 1.52. The molecule has 3 aromatic rings. The molecule has 0 aromatic heterocycles. The molecule has 0 bridgehead atoms. The summed E-state index contributed by atoms with van der Waals surface area (Å²) in [5.41, 5.74) is 10.1. The van der Waals surface area contributed by atoms with E-state index < -0.39 is 0 Å². The maximum absolute atomic E-state index is 11.2. The highest BCUT2D eigenvalue weighted by Gasteiger charge is 2.16. The van der Waals surface area contributed by atoms with Crippen LogP contribution in [0.25, 0.3) is 22.3 Å². The van der Waals surface area contributed by atoms with Crippen molar-refractivity contribution in [3.8, 4) is 39.5 Å². The van der Waals surface area contributed by atoms with E-state index in [-0.39, 0.29) is 12.5 Å². The first-order valence-corrected chi connectivity index (χ1v) is 11.5. The van der Waals surface area contributed by atoms with E-state index >= 15 is 0 Å². The van der Waals surface area contributed by atoms with Gasteiger partial charge in [0.15, 0.2) is 11.5 Å². The van der Waals surface area contributed by atoms with Crippen LogP contribution in [0.3, 0.4) is 0 Å². The predicted molar refractivity (Wildman–Crippen MR) is 134 cm³/mol. The van der Waals surface area contributed by atoms with Gasteiger partial charge in [-0.25, -0.2) is 0 Å². The molecular weight excluding hydrogens is 454 g/mol. The molecule has 4 N–H and O–H groups in total. The fraction of sp³-hybridized carbons (Fsp3) is 0.269. The fourth-order valence-corrected chi connectivity index (χ4v) is 4.18. The summed E-state index contributed by atoms with van der Waals surface area (Å²) >= 11 is 6.88. The van der Waals surface area contributed by atoms with Crippen LogP contribution in [0, 0.1) is 0 Å². The molecule has 0 unspecified atom stereocenters. The molecule has 1 aliphatic heterocycles. The van der Waals surface area contributed by atoms with Gasteiger partial charge in [-0.2, -0.15) is 0 Å². The van der Waals surface area contributed by atoms with E-state index in [1.54, 1.807) is 7.11 Å². The molecule has 34 heavy (non-hydrogen) atoms. The minimum atomic E-state index is -0.168. The third-order valence-corrected chi connectivity index (χ3v) is 5.98. The molecular formula is C26H28ClN3O4. The van der Waals surface area contributed by atoms with Crippen molar-refractivity contribution in [2.45, 2.75) is 6.54 Å². The number of fused-ring (bicyclic) bond motifs is 1. The lowest BCUT2D eigenvalue weighted by Gasteiger charge is -2.19. The Bertz CT molecular complexity index is 1170. The Hall–Kier alpha value is -3.26. The first-order valence-electron chi connectivity index (χ1n) is 11.1. The highest BCUT2D eigenvalue weighted by atomic mass is 35.5. The average Bonchev–Trinajstić information content (AvgIpc) is 2.88. The zero-order valence-corrected chi connectivity index (χ0v) is 19.8. The molecule has 1 heterocycles. The molecule has 0 atom stereocenters. The molecule has 0 fully saturated rings. The van der Waals surface area contributed by atoms with Crippen molar-refractivity contribution in [1.29, 1.82) is 0 Å². The van der Waals surface area contributed by atoms with Gasteiger partial charge in [-0.1, -0.05) is 48.0 Å². The van der Waals surface area contributed by atoms with E-state index in [0.29, 0.717) is 37.9 Å². The molecule has 7 nitrogen and oxygen atoms in total. The number of hydrogen-bond acceptors (Lipinski definition) is 6. The molecule has 0 radical (unpaired) electrons. The van der Waals surface area contributed by atoms with Crippen LogP contribution in [0.1, 0.15) is 5.56 Å². The molecule has 178 valence electrons. The number of ether oxygens (including phenoxy) is 3. The Morgan fingerprint density at radius 2 is 1.71 bits per heavy atom. The van der Waals surface area contributed by atoms with Gasteiger partial charge in [-0.05, 0) is 29.3 Å². The largest absolute Gasteiger partial charge is 0.496 e. The number of nitrogens with two attached hydrogens (primary N) is 1. The van der Waals surface area contributed by atoms with Gasteiger partial charge in [0, 0.05) is 36.3 Å². The van der Waals surface area contributed by atoms with E-state index in [0.717, 1.165) is 45.1 Å². The van der Waals surface area contributed by atoms with Gasteiger partial charge < -0.3 is 30.6 Å². The van der Waals surface area contributed by atoms with Crippen molar-refractivity contribution in [2.24, 2.45) is 5.73 Å². The maximum atomic E-state index is 11.2. The molecule has 0 aliphatic carbocycles. The highest BCUT2D eigenvalue weighted by Crippen LogP contribution is 2.41. The second-order valence-electron chi connectivity index (χ2n) is 7.78. The zero-order valence-electron chi connectivity index (χ0n) is 19.0. The lowest BCUT2D eigenvalue weighted by Crippen LogP contribution is -2.35. The number of nitrogens with one attached hydrogen (secondary N) is 2. The summed E-state index contributed by atoms with van der Waals surface area (Å²) in [6.07, 6.45) is 0. The molecule has 4 rings (SSSR count).